The number of nitrogens with one attached hydrogen (secondary N) is 1. The van der Waals surface area contributed by atoms with Crippen molar-refractivity contribution in [2.45, 2.75) is 12.8 Å². The van der Waals surface area contributed by atoms with Gasteiger partial charge in [-0.05, 0) is 52.8 Å². The number of nitrogens with zero attached hydrogens (tertiary/aromatic N) is 1. The summed E-state index contributed by atoms with van der Waals surface area (Å²) in [4.78, 5) is 3.07. The average molecular weight is 453 g/mol. The molecule has 0 aromatic heterocycles. The summed E-state index contributed by atoms with van der Waals surface area (Å²) in [5, 5.41) is 9.97. The van der Waals surface area contributed by atoms with Crippen LogP contribution in [0.5, 0.6) is 0 Å². The molecule has 0 bridgehead atoms. The predicted octanol–water partition coefficient (Wildman–Crippen LogP) is 6.83. The third-order valence-corrected chi connectivity index (χ3v) is 4.68. The Bertz CT molecular complexity index is 685. The molecule has 0 aliphatic rings. The van der Waals surface area contributed by atoms with Gasteiger partial charge in [0, 0.05) is 42.7 Å². The molecule has 0 atom stereocenters. The van der Waals surface area contributed by atoms with E-state index in [9.17, 15) is 0 Å². The molecule has 0 radical (unpaired) electrons. The van der Waals surface area contributed by atoms with E-state index in [0.717, 1.165) is 17.0 Å². The highest BCUT2D eigenvalue weighted by Crippen LogP contribution is 2.17. The van der Waals surface area contributed by atoms with Crippen LogP contribution in [0.2, 0.25) is 10.0 Å². The molecule has 0 unspecified atom stereocenters. The molecule has 0 saturated heterocycles. The summed E-state index contributed by atoms with van der Waals surface area (Å²) in [5.41, 5.74) is 4.89. The van der Waals surface area contributed by atoms with Crippen molar-refractivity contribution in [1.82, 2.24) is 10.4 Å². The maximum atomic E-state index is 8.48. The lowest BCUT2D eigenvalue weighted by molar-refractivity contribution is 0.198. The van der Waals surface area contributed by atoms with Crippen LogP contribution in [0.4, 0.5) is 0 Å². The summed E-state index contributed by atoms with van der Waals surface area (Å²) in [6.45, 7) is 11.0. The van der Waals surface area contributed by atoms with Gasteiger partial charge in [-0.25, -0.2) is 0 Å². The average Bonchev–Trinajstić information content (AvgIpc) is 2.72. The molecule has 3 nitrogen and oxygen atoms in total. The molecule has 0 spiro atoms. The first-order valence-corrected chi connectivity index (χ1v) is 10.8. The minimum Gasteiger partial charge on any atom is -0.384 e. The van der Waals surface area contributed by atoms with Gasteiger partial charge in [-0.3, -0.25) is 10.7 Å². The lowest BCUT2D eigenvalue weighted by atomic mass is 10.1. The van der Waals surface area contributed by atoms with E-state index >= 15 is 0 Å². The molecule has 0 amide bonds. The van der Waals surface area contributed by atoms with E-state index in [1.54, 1.807) is 18.0 Å². The summed E-state index contributed by atoms with van der Waals surface area (Å²) in [6, 6.07) is 15.3. The second-order valence-corrected chi connectivity index (χ2v) is 8.07. The van der Waals surface area contributed by atoms with Crippen molar-refractivity contribution in [2.24, 2.45) is 0 Å². The van der Waals surface area contributed by atoms with Crippen LogP contribution < -0.4 is 5.48 Å². The van der Waals surface area contributed by atoms with Crippen LogP contribution in [0.25, 0.3) is 0 Å². The Morgan fingerprint density at radius 3 is 1.66 bits per heavy atom. The van der Waals surface area contributed by atoms with Crippen molar-refractivity contribution >= 4 is 35.0 Å². The summed E-state index contributed by atoms with van der Waals surface area (Å²) < 4.78 is 0. The van der Waals surface area contributed by atoms with Crippen molar-refractivity contribution in [2.75, 3.05) is 20.4 Å². The third kappa shape index (κ3) is 14.8. The highest BCUT2D eigenvalue weighted by Gasteiger charge is 1.96. The first-order chi connectivity index (χ1) is 13.7. The molecule has 0 aliphatic heterocycles. The minimum atomic E-state index is 0.567. The Morgan fingerprint density at radius 1 is 0.966 bits per heavy atom. The van der Waals surface area contributed by atoms with E-state index in [4.69, 9.17) is 28.4 Å². The second-order valence-electron chi connectivity index (χ2n) is 6.21. The van der Waals surface area contributed by atoms with Gasteiger partial charge in [0.15, 0.2) is 0 Å². The topological polar surface area (TPSA) is 35.5 Å². The Balaban J connectivity index is 0.000000442. The molecule has 0 heterocycles. The largest absolute Gasteiger partial charge is 0.384 e. The molecular formula is C23H30Cl2N2OS. The second kappa shape index (κ2) is 16.0. The van der Waals surface area contributed by atoms with Gasteiger partial charge in [0.1, 0.15) is 0 Å². The first kappa shape index (κ1) is 27.2. The van der Waals surface area contributed by atoms with Gasteiger partial charge < -0.3 is 4.90 Å². The van der Waals surface area contributed by atoms with Crippen molar-refractivity contribution in [3.8, 4) is 0 Å². The standard InChI is InChI=1S/C10H11ClS.C9H10ClNO.C4H9N/c1-8(12-2)7-9-3-5-10(11)6-4-9;1-7(11-12)6-8-2-4-9(10)5-3-8;1-4-5(2)3/h3-6H,1,7H2,2H3;2-5,11-12H,1,6H2;4H,1H2,2-3H3. The van der Waals surface area contributed by atoms with Gasteiger partial charge >= 0.3 is 0 Å². The van der Waals surface area contributed by atoms with Crippen LogP contribution in [0, 0.1) is 0 Å². The summed E-state index contributed by atoms with van der Waals surface area (Å²) >= 11 is 13.1. The zero-order valence-corrected chi connectivity index (χ0v) is 19.6. The molecular weight excluding hydrogens is 423 g/mol. The molecule has 2 aromatic rings. The summed E-state index contributed by atoms with van der Waals surface area (Å²) in [7, 11) is 3.88. The molecule has 6 heteroatoms. The fraction of sp³-hybridized carbons (Fsp3) is 0.217. The van der Waals surface area contributed by atoms with E-state index in [-0.39, 0.29) is 0 Å². The zero-order valence-electron chi connectivity index (χ0n) is 17.3. The van der Waals surface area contributed by atoms with Gasteiger partial charge in [0.25, 0.3) is 0 Å². The van der Waals surface area contributed by atoms with Gasteiger partial charge in [-0.2, -0.15) is 0 Å². The summed E-state index contributed by atoms with van der Waals surface area (Å²) in [6.07, 6.45) is 5.32. The molecule has 0 aliphatic carbocycles. The predicted molar refractivity (Wildman–Crippen MR) is 131 cm³/mol. The number of rotatable bonds is 7. The summed E-state index contributed by atoms with van der Waals surface area (Å²) in [5.74, 6) is 0. The lowest BCUT2D eigenvalue weighted by Gasteiger charge is -2.02. The number of hydrogen-bond acceptors (Lipinski definition) is 4. The van der Waals surface area contributed by atoms with Gasteiger partial charge in [-0.15, -0.1) is 11.8 Å². The fourth-order valence-corrected chi connectivity index (χ4v) is 2.35. The zero-order chi connectivity index (χ0) is 22.2. The van der Waals surface area contributed by atoms with Gasteiger partial charge in [0.05, 0.1) is 0 Å². The number of hydrogen-bond donors (Lipinski definition) is 2. The van der Waals surface area contributed by atoms with Gasteiger partial charge in [0.2, 0.25) is 0 Å². The molecule has 2 aromatic carbocycles. The number of benzene rings is 2. The van der Waals surface area contributed by atoms with Crippen molar-refractivity contribution in [3.05, 3.63) is 106 Å². The Hall–Kier alpha value is -1.85. The highest BCUT2D eigenvalue weighted by molar-refractivity contribution is 8.02. The minimum absolute atomic E-state index is 0.567. The molecule has 2 rings (SSSR count). The van der Waals surface area contributed by atoms with E-state index in [1.807, 2.05) is 79.3 Å². The Morgan fingerprint density at radius 2 is 1.34 bits per heavy atom. The fourth-order valence-electron chi connectivity index (χ4n) is 1.79. The number of allylic oxidation sites excluding steroid dienone is 2. The third-order valence-electron chi connectivity index (χ3n) is 3.46. The number of halogens is 2. The van der Waals surface area contributed by atoms with Gasteiger partial charge in [-0.1, -0.05) is 67.2 Å². The van der Waals surface area contributed by atoms with E-state index in [0.29, 0.717) is 17.1 Å². The van der Waals surface area contributed by atoms with Crippen LogP contribution in [-0.2, 0) is 12.8 Å². The van der Waals surface area contributed by atoms with Crippen molar-refractivity contribution in [3.63, 3.8) is 0 Å². The van der Waals surface area contributed by atoms with Crippen LogP contribution in [-0.4, -0.2) is 30.5 Å². The monoisotopic (exact) mass is 452 g/mol. The van der Waals surface area contributed by atoms with Crippen molar-refractivity contribution in [1.29, 1.82) is 0 Å². The Labute approximate surface area is 189 Å². The molecule has 158 valence electrons. The maximum Gasteiger partial charge on any atom is 0.0406 e. The molecule has 2 N–H and O–H groups in total. The van der Waals surface area contributed by atoms with Crippen molar-refractivity contribution < 1.29 is 5.21 Å². The number of hydroxylamine groups is 1. The molecule has 0 fully saturated rings. The Kier molecular flexibility index (Phi) is 15.0. The molecule has 0 saturated carbocycles. The first-order valence-electron chi connectivity index (χ1n) is 8.79. The van der Waals surface area contributed by atoms with E-state index < -0.39 is 0 Å². The van der Waals surface area contributed by atoms with E-state index in [1.165, 1.54) is 10.5 Å². The van der Waals surface area contributed by atoms with Crippen LogP contribution in [0.1, 0.15) is 11.1 Å². The number of thioether (sulfide) groups is 1. The van der Waals surface area contributed by atoms with Crippen LogP contribution >= 0.6 is 35.0 Å². The quantitative estimate of drug-likeness (QED) is 0.451. The lowest BCUT2D eigenvalue weighted by Crippen LogP contribution is -2.07. The SMILES string of the molecule is C=C(Cc1ccc(Cl)cc1)NO.C=C(Cc1ccc(Cl)cc1)SC.C=CN(C)C. The maximum absolute atomic E-state index is 8.48. The van der Waals surface area contributed by atoms with Crippen LogP contribution in [0.15, 0.2) is 85.1 Å². The highest BCUT2D eigenvalue weighted by atomic mass is 35.5. The van der Waals surface area contributed by atoms with E-state index in [2.05, 4.69) is 19.7 Å². The smallest absolute Gasteiger partial charge is 0.0406 e. The normalized spacial score (nSPS) is 9.17. The van der Waals surface area contributed by atoms with Crippen LogP contribution in [0.3, 0.4) is 0 Å². The molecule has 29 heavy (non-hydrogen) atoms.